The Bertz CT molecular complexity index is 6100. The number of rotatable bonds is 7. The number of benzene rings is 13. The van der Waals surface area contributed by atoms with Crippen LogP contribution in [0, 0.1) is 0 Å². The molecule has 0 amide bonds. The molecule has 5 heterocycles. The van der Waals surface area contributed by atoms with Crippen molar-refractivity contribution in [2.75, 3.05) is 14.7 Å². The summed E-state index contributed by atoms with van der Waals surface area (Å²) in [6.45, 7) is 56.2. The van der Waals surface area contributed by atoms with Crippen molar-refractivity contribution < 1.29 is 0 Å². The van der Waals surface area contributed by atoms with Crippen LogP contribution in [0.5, 0.6) is 0 Å². The fourth-order valence-corrected chi connectivity index (χ4v) is 18.1. The summed E-state index contributed by atoms with van der Waals surface area (Å²) in [5, 5.41) is 7.36. The van der Waals surface area contributed by atoms with Crippen LogP contribution >= 0.6 is 0 Å². The largest absolute Gasteiger partial charge is 0.309 e. The molecule has 3 aromatic heterocycles. The number of aromatic nitrogens is 3. The molecule has 0 saturated carbocycles. The monoisotopic (exact) mass is 1520 g/mol. The molecule has 116 heavy (non-hydrogen) atoms. The summed E-state index contributed by atoms with van der Waals surface area (Å²) in [7, 11) is 0. The highest BCUT2D eigenvalue weighted by atomic mass is 15.3. The lowest BCUT2D eigenvalue weighted by atomic mass is 9.79. The van der Waals surface area contributed by atoms with E-state index in [1.165, 1.54) is 121 Å². The molecule has 6 heteroatoms. The second kappa shape index (κ2) is 26.1. The Morgan fingerprint density at radius 1 is 0.164 bits per heavy atom. The Hall–Kier alpha value is -11.3. The molecule has 584 valence electrons. The van der Waals surface area contributed by atoms with E-state index in [1.807, 2.05) is 0 Å². The van der Waals surface area contributed by atoms with Crippen molar-refractivity contribution in [3.63, 3.8) is 0 Å². The quantitative estimate of drug-likeness (QED) is 0.159. The third kappa shape index (κ3) is 12.7. The minimum atomic E-state index is -0.0910. The standard InChI is InChI=1S/C110H114N6/c1-103(2,3)71-37-45-86-87-46-38-72(104(4,5)6)60-95(87)113(94(86)59-71)81-41-49-90-98(63-81)111(79-31-27-25-28-32-79)100-65-83(66-101-102(100)116(90)91-50-42-82(64-99(91)112(101)80-33-29-26-30-34-80)114-96-61-73(105(7,8)9)39-47-88(96)89-48-40-74(62-97(89)114)106(10,11)12)115-92-55-67(69-51-75(107(13,14)15)57-76(52-69)108(16,17)18)35-43-84(92)85-44-36-68(56-93(85)115)70-53-77(109(19,20)21)58-78(54-70)110(22,23)24/h25-66H,1-24H3. The molecule has 0 atom stereocenters. The van der Waals surface area contributed by atoms with Gasteiger partial charge in [0, 0.05) is 55.1 Å². The molecule has 2 aliphatic rings. The van der Waals surface area contributed by atoms with Gasteiger partial charge in [-0.3, -0.25) is 0 Å². The molecule has 0 fully saturated rings. The van der Waals surface area contributed by atoms with Crippen molar-refractivity contribution in [1.82, 2.24) is 13.7 Å². The fraction of sp³-hybridized carbons (Fsp3) is 0.291. The van der Waals surface area contributed by atoms with Gasteiger partial charge in [0.2, 0.25) is 0 Å². The molecule has 0 N–H and O–H groups in total. The zero-order chi connectivity index (χ0) is 81.9. The minimum Gasteiger partial charge on any atom is -0.309 e. The van der Waals surface area contributed by atoms with Crippen LogP contribution in [0.15, 0.2) is 255 Å². The molecule has 0 bridgehead atoms. The SMILES string of the molecule is CC(C)(C)c1cc(-c2ccc3c4ccc(-c5cc(C(C)(C)C)cc(C(C)(C)C)c5)cc4n(-c4cc5c6c(c4)N(c4ccccc4)c4cc(-n7c8cc(C(C)(C)C)ccc8c8ccc(C(C)(C)C)cc87)ccc4N6c4ccc(-n6c7cc(C(C)(C)C)ccc7c7ccc(C(C)(C)C)cc76)cc4N5c4ccccc4)c3c2)cc(C(C)(C)C)c1. The van der Waals surface area contributed by atoms with Crippen LogP contribution in [0.4, 0.5) is 51.2 Å². The maximum Gasteiger partial charge on any atom is 0.0949 e. The number of hydrogen-bond donors (Lipinski definition) is 0. The molecule has 6 nitrogen and oxygen atoms in total. The van der Waals surface area contributed by atoms with E-state index in [-0.39, 0.29) is 43.3 Å². The van der Waals surface area contributed by atoms with Crippen LogP contribution in [0.1, 0.15) is 211 Å². The van der Waals surface area contributed by atoms with Gasteiger partial charge in [-0.15, -0.1) is 0 Å². The molecule has 0 spiro atoms. The molecule has 18 rings (SSSR count). The average molecular weight is 1520 g/mol. The van der Waals surface area contributed by atoms with Gasteiger partial charge in [-0.1, -0.05) is 312 Å². The first-order valence-electron chi connectivity index (χ1n) is 42.1. The lowest BCUT2D eigenvalue weighted by Gasteiger charge is -2.47. The van der Waals surface area contributed by atoms with E-state index < -0.39 is 0 Å². The highest BCUT2D eigenvalue weighted by Gasteiger charge is 2.42. The molecular formula is C110H114N6. The second-order valence-corrected chi connectivity index (χ2v) is 41.9. The van der Waals surface area contributed by atoms with Gasteiger partial charge >= 0.3 is 0 Å². The average Bonchev–Trinajstić information content (AvgIpc) is 0.815. The van der Waals surface area contributed by atoms with Gasteiger partial charge in [0.1, 0.15) is 0 Å². The summed E-state index contributed by atoms with van der Waals surface area (Å²) in [6, 6.07) is 100. The van der Waals surface area contributed by atoms with Crippen molar-refractivity contribution in [3.05, 3.63) is 299 Å². The zero-order valence-corrected chi connectivity index (χ0v) is 72.9. The molecule has 0 saturated heterocycles. The summed E-state index contributed by atoms with van der Waals surface area (Å²) in [6.07, 6.45) is 0. The summed E-state index contributed by atoms with van der Waals surface area (Å²) in [4.78, 5) is 7.81. The summed E-state index contributed by atoms with van der Waals surface area (Å²) in [5.74, 6) is 0. The van der Waals surface area contributed by atoms with E-state index in [1.54, 1.807) is 0 Å². The lowest BCUT2D eigenvalue weighted by molar-refractivity contribution is 0.568. The highest BCUT2D eigenvalue weighted by molar-refractivity contribution is 6.17. The van der Waals surface area contributed by atoms with E-state index >= 15 is 0 Å². The van der Waals surface area contributed by atoms with Crippen LogP contribution in [-0.2, 0) is 43.3 Å². The number of nitrogens with zero attached hydrogens (tertiary/aromatic N) is 6. The third-order valence-corrected chi connectivity index (χ3v) is 25.2. The van der Waals surface area contributed by atoms with Gasteiger partial charge in [0.25, 0.3) is 0 Å². The van der Waals surface area contributed by atoms with Crippen molar-refractivity contribution in [3.8, 4) is 39.3 Å². The number of hydrogen-bond acceptors (Lipinski definition) is 3. The first kappa shape index (κ1) is 76.0. The van der Waals surface area contributed by atoms with Crippen LogP contribution in [0.2, 0.25) is 0 Å². The number of para-hydroxylation sites is 2. The van der Waals surface area contributed by atoms with E-state index in [4.69, 9.17) is 0 Å². The Kier molecular flexibility index (Phi) is 17.1. The van der Waals surface area contributed by atoms with Crippen LogP contribution < -0.4 is 14.7 Å². The molecular weight excluding hydrogens is 1410 g/mol. The smallest absolute Gasteiger partial charge is 0.0949 e. The molecule has 0 aliphatic carbocycles. The van der Waals surface area contributed by atoms with Crippen LogP contribution in [0.25, 0.3) is 105 Å². The fourth-order valence-electron chi connectivity index (χ4n) is 18.1. The van der Waals surface area contributed by atoms with E-state index in [2.05, 4.69) is 449 Å². The Labute approximate surface area is 688 Å². The van der Waals surface area contributed by atoms with Crippen molar-refractivity contribution in [1.29, 1.82) is 0 Å². The summed E-state index contributed by atoms with van der Waals surface area (Å²) in [5.41, 5.74) is 34.5. The summed E-state index contributed by atoms with van der Waals surface area (Å²) < 4.78 is 7.78. The van der Waals surface area contributed by atoms with E-state index in [0.717, 1.165) is 79.3 Å². The number of anilines is 9. The molecule has 2 aliphatic heterocycles. The lowest BCUT2D eigenvalue weighted by Crippen LogP contribution is -2.31. The van der Waals surface area contributed by atoms with Crippen LogP contribution in [0.3, 0.4) is 0 Å². The predicted octanol–water partition coefficient (Wildman–Crippen LogP) is 31.7. The molecule has 13 aromatic carbocycles. The van der Waals surface area contributed by atoms with E-state index in [9.17, 15) is 0 Å². The van der Waals surface area contributed by atoms with Gasteiger partial charge in [0.15, 0.2) is 0 Å². The minimum absolute atomic E-state index is 0.0843. The third-order valence-electron chi connectivity index (χ3n) is 25.2. The number of fused-ring (bicyclic) bond motifs is 13. The maximum absolute atomic E-state index is 2.63. The van der Waals surface area contributed by atoms with Gasteiger partial charge in [-0.2, -0.15) is 0 Å². The van der Waals surface area contributed by atoms with Crippen LogP contribution in [-0.4, -0.2) is 13.7 Å². The molecule has 16 aromatic rings. The Balaban J connectivity index is 0.993. The first-order valence-corrected chi connectivity index (χ1v) is 42.1. The Morgan fingerprint density at radius 2 is 0.422 bits per heavy atom. The predicted molar refractivity (Wildman–Crippen MR) is 501 cm³/mol. The normalized spacial score (nSPS) is 13.8. The van der Waals surface area contributed by atoms with E-state index in [0.29, 0.717) is 0 Å². The van der Waals surface area contributed by atoms with Crippen molar-refractivity contribution in [2.45, 2.75) is 209 Å². The van der Waals surface area contributed by atoms with Gasteiger partial charge < -0.3 is 28.4 Å². The maximum atomic E-state index is 2.63. The first-order chi connectivity index (χ1) is 54.5. The zero-order valence-electron chi connectivity index (χ0n) is 72.9. The van der Waals surface area contributed by atoms with Crippen molar-refractivity contribution in [2.24, 2.45) is 0 Å². The van der Waals surface area contributed by atoms with Gasteiger partial charge in [0.05, 0.1) is 78.6 Å². The summed E-state index contributed by atoms with van der Waals surface area (Å²) >= 11 is 0. The molecule has 0 radical (unpaired) electrons. The molecule has 0 unspecified atom stereocenters. The van der Waals surface area contributed by atoms with Gasteiger partial charge in [-0.05, 0) is 219 Å². The highest BCUT2D eigenvalue weighted by Crippen LogP contribution is 2.65. The topological polar surface area (TPSA) is 24.5 Å². The second-order valence-electron chi connectivity index (χ2n) is 41.9. The Morgan fingerprint density at radius 3 is 0.707 bits per heavy atom. The van der Waals surface area contributed by atoms with Crippen molar-refractivity contribution >= 4 is 117 Å². The van der Waals surface area contributed by atoms with Gasteiger partial charge in [-0.25, -0.2) is 0 Å².